The van der Waals surface area contributed by atoms with Gasteiger partial charge in [-0.1, -0.05) is 6.07 Å². The van der Waals surface area contributed by atoms with E-state index >= 15 is 0 Å². The van der Waals surface area contributed by atoms with Gasteiger partial charge in [-0.05, 0) is 31.2 Å². The maximum atomic E-state index is 13.0. The van der Waals surface area contributed by atoms with Gasteiger partial charge in [0.25, 0.3) is 0 Å². The number of aromatic nitrogens is 1. The second-order valence-electron chi connectivity index (χ2n) is 5.59. The molecule has 0 aliphatic carbocycles. The van der Waals surface area contributed by atoms with Crippen LogP contribution in [0.3, 0.4) is 0 Å². The molecule has 3 aromatic rings. The summed E-state index contributed by atoms with van der Waals surface area (Å²) in [6, 6.07) is 8.77. The average molecular weight is 390 g/mol. The number of esters is 1. The summed E-state index contributed by atoms with van der Waals surface area (Å²) < 4.78 is 54.8. The lowest BCUT2D eigenvalue weighted by Crippen LogP contribution is -2.13. The minimum absolute atomic E-state index is 0.0536. The number of fused-ring (bicyclic) bond motifs is 1. The summed E-state index contributed by atoms with van der Waals surface area (Å²) in [6.45, 7) is 1.34. The molecule has 0 atom stereocenters. The summed E-state index contributed by atoms with van der Waals surface area (Å²) in [6.07, 6.45) is -3.55. The van der Waals surface area contributed by atoms with Gasteiger partial charge in [0.15, 0.2) is 5.69 Å². The van der Waals surface area contributed by atoms with Crippen molar-refractivity contribution in [2.75, 3.05) is 6.61 Å². The molecule has 28 heavy (non-hydrogen) atoms. The van der Waals surface area contributed by atoms with Gasteiger partial charge in [-0.15, -0.1) is 0 Å². The molecule has 2 heterocycles. The van der Waals surface area contributed by atoms with Gasteiger partial charge in [0.1, 0.15) is 29.6 Å². The van der Waals surface area contributed by atoms with Crippen molar-refractivity contribution in [2.45, 2.75) is 19.7 Å². The highest BCUT2D eigenvalue weighted by molar-refractivity contribution is 6.05. The summed E-state index contributed by atoms with van der Waals surface area (Å²) >= 11 is 0. The molecular formula is C19H13F3N2O4. The molecule has 0 unspecified atom stereocenters. The molecule has 0 aliphatic rings. The quantitative estimate of drug-likeness (QED) is 0.598. The van der Waals surface area contributed by atoms with E-state index in [1.165, 1.54) is 30.3 Å². The van der Waals surface area contributed by atoms with E-state index in [1.54, 1.807) is 13.0 Å². The van der Waals surface area contributed by atoms with Gasteiger partial charge in [-0.2, -0.15) is 18.4 Å². The first-order valence-electron chi connectivity index (χ1n) is 8.12. The van der Waals surface area contributed by atoms with Crippen molar-refractivity contribution in [2.24, 2.45) is 0 Å². The zero-order valence-corrected chi connectivity index (χ0v) is 14.5. The number of furan rings is 1. The SMILES string of the molecule is CCOC(=O)c1c(C#N)oc2ccc(OCc3cccnc3C(F)(F)F)cc12. The van der Waals surface area contributed by atoms with E-state index in [2.05, 4.69) is 4.98 Å². The molecule has 0 spiro atoms. The normalized spacial score (nSPS) is 11.2. The topological polar surface area (TPSA) is 85.4 Å². The van der Waals surface area contributed by atoms with Crippen LogP contribution in [0.2, 0.25) is 0 Å². The summed E-state index contributed by atoms with van der Waals surface area (Å²) in [4.78, 5) is 15.5. The van der Waals surface area contributed by atoms with Crippen molar-refractivity contribution in [1.82, 2.24) is 4.98 Å². The Kier molecular flexibility index (Phi) is 5.22. The number of benzene rings is 1. The van der Waals surface area contributed by atoms with Crippen molar-refractivity contribution in [3.63, 3.8) is 0 Å². The highest BCUT2D eigenvalue weighted by Gasteiger charge is 2.35. The number of carbonyl (C=O) groups is 1. The fourth-order valence-corrected chi connectivity index (χ4v) is 2.62. The number of rotatable bonds is 5. The fourth-order valence-electron chi connectivity index (χ4n) is 2.62. The molecule has 0 amide bonds. The Morgan fingerprint density at radius 2 is 2.11 bits per heavy atom. The molecule has 0 saturated carbocycles. The van der Waals surface area contributed by atoms with Gasteiger partial charge < -0.3 is 13.9 Å². The van der Waals surface area contributed by atoms with Gasteiger partial charge in [-0.25, -0.2) is 4.79 Å². The van der Waals surface area contributed by atoms with E-state index in [4.69, 9.17) is 19.2 Å². The Morgan fingerprint density at radius 1 is 1.32 bits per heavy atom. The van der Waals surface area contributed by atoms with Gasteiger partial charge in [0.2, 0.25) is 5.76 Å². The van der Waals surface area contributed by atoms with Crippen LogP contribution >= 0.6 is 0 Å². The molecule has 0 fully saturated rings. The zero-order chi connectivity index (χ0) is 20.3. The van der Waals surface area contributed by atoms with Crippen LogP contribution in [0.1, 0.15) is 34.3 Å². The van der Waals surface area contributed by atoms with Crippen LogP contribution in [0, 0.1) is 11.3 Å². The number of nitrogens with zero attached hydrogens (tertiary/aromatic N) is 2. The maximum absolute atomic E-state index is 13.0. The van der Waals surface area contributed by atoms with Crippen LogP contribution < -0.4 is 4.74 Å². The maximum Gasteiger partial charge on any atom is 0.433 e. The van der Waals surface area contributed by atoms with Crippen molar-refractivity contribution < 1.29 is 31.9 Å². The van der Waals surface area contributed by atoms with Crippen LogP contribution in [0.25, 0.3) is 11.0 Å². The van der Waals surface area contributed by atoms with E-state index in [1.807, 2.05) is 0 Å². The molecule has 6 nitrogen and oxygen atoms in total. The third kappa shape index (κ3) is 3.76. The van der Waals surface area contributed by atoms with Crippen LogP contribution in [-0.4, -0.2) is 17.6 Å². The van der Waals surface area contributed by atoms with Crippen LogP contribution in [-0.2, 0) is 17.5 Å². The number of alkyl halides is 3. The van der Waals surface area contributed by atoms with Gasteiger partial charge in [-0.3, -0.25) is 4.98 Å². The second kappa shape index (κ2) is 7.60. The molecule has 0 N–H and O–H groups in total. The largest absolute Gasteiger partial charge is 0.489 e. The van der Waals surface area contributed by atoms with Crippen molar-refractivity contribution in [3.05, 3.63) is 59.1 Å². The molecule has 1 aromatic carbocycles. The summed E-state index contributed by atoms with van der Waals surface area (Å²) in [7, 11) is 0. The van der Waals surface area contributed by atoms with E-state index in [0.29, 0.717) is 0 Å². The van der Waals surface area contributed by atoms with Crippen molar-refractivity contribution in [1.29, 1.82) is 5.26 Å². The first kappa shape index (κ1) is 19.2. The Balaban J connectivity index is 1.93. The lowest BCUT2D eigenvalue weighted by molar-refractivity contribution is -0.142. The molecule has 0 saturated heterocycles. The lowest BCUT2D eigenvalue weighted by Gasteiger charge is -2.12. The number of hydrogen-bond acceptors (Lipinski definition) is 6. The highest BCUT2D eigenvalue weighted by Crippen LogP contribution is 2.32. The monoisotopic (exact) mass is 390 g/mol. The number of hydrogen-bond donors (Lipinski definition) is 0. The molecule has 3 rings (SSSR count). The molecule has 0 bridgehead atoms. The number of nitriles is 1. The van der Waals surface area contributed by atoms with Crippen molar-refractivity contribution in [3.8, 4) is 11.8 Å². The fraction of sp³-hybridized carbons (Fsp3) is 0.211. The molecule has 0 aliphatic heterocycles. The van der Waals surface area contributed by atoms with E-state index in [0.717, 1.165) is 6.20 Å². The zero-order valence-electron chi connectivity index (χ0n) is 14.5. The Morgan fingerprint density at radius 3 is 2.79 bits per heavy atom. The third-order valence-corrected chi connectivity index (χ3v) is 3.79. The summed E-state index contributed by atoms with van der Waals surface area (Å²) in [5.41, 5.74) is -0.963. The van der Waals surface area contributed by atoms with E-state index in [-0.39, 0.29) is 46.8 Å². The summed E-state index contributed by atoms with van der Waals surface area (Å²) in [5.74, 6) is -0.751. The number of halogens is 3. The van der Waals surface area contributed by atoms with Gasteiger partial charge in [0.05, 0.1) is 6.61 Å². The van der Waals surface area contributed by atoms with Crippen LogP contribution in [0.15, 0.2) is 40.9 Å². The molecule has 0 radical (unpaired) electrons. The smallest absolute Gasteiger partial charge is 0.433 e. The predicted molar refractivity (Wildman–Crippen MR) is 90.5 cm³/mol. The van der Waals surface area contributed by atoms with E-state index in [9.17, 15) is 18.0 Å². The number of carbonyl (C=O) groups excluding carboxylic acids is 1. The Hall–Kier alpha value is -3.54. The lowest BCUT2D eigenvalue weighted by atomic mass is 10.1. The number of pyridine rings is 1. The molecule has 144 valence electrons. The second-order valence-corrected chi connectivity index (χ2v) is 5.59. The highest BCUT2D eigenvalue weighted by atomic mass is 19.4. The van der Waals surface area contributed by atoms with Gasteiger partial charge >= 0.3 is 12.1 Å². The van der Waals surface area contributed by atoms with Crippen LogP contribution in [0.4, 0.5) is 13.2 Å². The minimum atomic E-state index is -4.60. The molecule has 2 aromatic heterocycles. The third-order valence-electron chi connectivity index (χ3n) is 3.79. The standard InChI is InChI=1S/C19H13F3N2O4/c1-2-26-18(25)16-13-8-12(5-6-14(13)28-15(16)9-23)27-10-11-4-3-7-24-17(11)19(20,21)22/h3-8H,2,10H2,1H3. The summed E-state index contributed by atoms with van der Waals surface area (Å²) in [5, 5.41) is 9.44. The van der Waals surface area contributed by atoms with Gasteiger partial charge in [0, 0.05) is 17.1 Å². The Labute approximate surface area is 157 Å². The molecular weight excluding hydrogens is 377 g/mol. The average Bonchev–Trinajstić information content (AvgIpc) is 3.04. The first-order valence-corrected chi connectivity index (χ1v) is 8.12. The van der Waals surface area contributed by atoms with E-state index < -0.39 is 17.8 Å². The number of ether oxygens (including phenoxy) is 2. The Bertz CT molecular complexity index is 1070. The first-order chi connectivity index (χ1) is 13.3. The van der Waals surface area contributed by atoms with Crippen LogP contribution in [0.5, 0.6) is 5.75 Å². The molecule has 9 heteroatoms. The predicted octanol–water partition coefficient (Wildman–Crippen LogP) is 4.47. The van der Waals surface area contributed by atoms with Crippen molar-refractivity contribution >= 4 is 16.9 Å². The minimum Gasteiger partial charge on any atom is -0.489 e.